The summed E-state index contributed by atoms with van der Waals surface area (Å²) in [4.78, 5) is 13.2. The molecule has 0 aliphatic carbocycles. The number of carbonyl (C=O) groups is 1. The Bertz CT molecular complexity index is 1080. The number of ether oxygens (including phenoxy) is 2. The molecule has 1 saturated heterocycles. The molecule has 0 aromatic heterocycles. The Balaban J connectivity index is 1.38. The molecule has 7 nitrogen and oxygen atoms in total. The number of nitrogens with zero attached hydrogens (tertiary/aromatic N) is 1. The van der Waals surface area contributed by atoms with E-state index in [1.54, 1.807) is 12.1 Å². The van der Waals surface area contributed by atoms with E-state index in [2.05, 4.69) is 5.32 Å². The van der Waals surface area contributed by atoms with Gasteiger partial charge in [-0.25, -0.2) is 8.42 Å². The molecule has 1 N–H and O–H groups in total. The number of piperidine rings is 1. The summed E-state index contributed by atoms with van der Waals surface area (Å²) >= 11 is 0. The van der Waals surface area contributed by atoms with Crippen LogP contribution in [0.15, 0.2) is 41.3 Å². The Kier molecular flexibility index (Phi) is 5.70. The van der Waals surface area contributed by atoms with Gasteiger partial charge >= 0.3 is 0 Å². The van der Waals surface area contributed by atoms with E-state index in [4.69, 9.17) is 9.47 Å². The first-order valence-electron chi connectivity index (χ1n) is 10.4. The summed E-state index contributed by atoms with van der Waals surface area (Å²) in [7, 11) is -3.57. The van der Waals surface area contributed by atoms with E-state index in [-0.39, 0.29) is 12.7 Å². The maximum absolute atomic E-state index is 13.1. The van der Waals surface area contributed by atoms with Crippen molar-refractivity contribution in [1.82, 2.24) is 9.62 Å². The third kappa shape index (κ3) is 4.41. The molecule has 2 aromatic rings. The van der Waals surface area contributed by atoms with Gasteiger partial charge in [-0.05, 0) is 67.6 Å². The van der Waals surface area contributed by atoms with Crippen LogP contribution in [0.1, 0.15) is 36.5 Å². The molecule has 2 aliphatic heterocycles. The molecule has 31 heavy (non-hydrogen) atoms. The number of nitrogens with one attached hydrogen (secondary N) is 1. The van der Waals surface area contributed by atoms with Crippen molar-refractivity contribution in [2.75, 3.05) is 19.9 Å². The molecular formula is C23H28N2O5S. The standard InChI is InChI=1S/C23H28N2O5S/c1-16-10-17(2)12-19(11-16)31(27,28)25-8-6-23(3,7-9-25)22(26)24-14-18-4-5-20-21(13-18)30-15-29-20/h4-5,10-13H,6-9,14-15H2,1-3H3,(H,24,26). The fraction of sp³-hybridized carbons (Fsp3) is 0.435. The van der Waals surface area contributed by atoms with Crippen molar-refractivity contribution in [3.8, 4) is 11.5 Å². The molecule has 0 unspecified atom stereocenters. The molecule has 4 rings (SSSR count). The summed E-state index contributed by atoms with van der Waals surface area (Å²) in [5.41, 5.74) is 2.16. The molecular weight excluding hydrogens is 416 g/mol. The van der Waals surface area contributed by atoms with Crippen molar-refractivity contribution in [1.29, 1.82) is 0 Å². The van der Waals surface area contributed by atoms with E-state index in [9.17, 15) is 13.2 Å². The lowest BCUT2D eigenvalue weighted by Crippen LogP contribution is -2.48. The first-order chi connectivity index (χ1) is 14.7. The van der Waals surface area contributed by atoms with Crippen LogP contribution in [0.4, 0.5) is 0 Å². The van der Waals surface area contributed by atoms with Crippen LogP contribution in [0.2, 0.25) is 0 Å². The second-order valence-corrected chi connectivity index (χ2v) is 10.6. The zero-order valence-electron chi connectivity index (χ0n) is 18.1. The van der Waals surface area contributed by atoms with Crippen LogP contribution in [0.3, 0.4) is 0 Å². The summed E-state index contributed by atoms with van der Waals surface area (Å²) in [6.07, 6.45) is 0.952. The predicted molar refractivity (Wildman–Crippen MR) is 116 cm³/mol. The Hall–Kier alpha value is -2.58. The summed E-state index contributed by atoms with van der Waals surface area (Å²) in [5.74, 6) is 1.33. The first kappa shape index (κ1) is 21.6. The normalized spacial score (nSPS) is 18.0. The highest BCUT2D eigenvalue weighted by atomic mass is 32.2. The van der Waals surface area contributed by atoms with Crippen LogP contribution < -0.4 is 14.8 Å². The van der Waals surface area contributed by atoms with Gasteiger partial charge < -0.3 is 14.8 Å². The molecule has 1 fully saturated rings. The minimum Gasteiger partial charge on any atom is -0.454 e. The van der Waals surface area contributed by atoms with E-state index in [0.29, 0.717) is 48.9 Å². The molecule has 0 spiro atoms. The third-order valence-corrected chi connectivity index (χ3v) is 7.97. The highest BCUT2D eigenvalue weighted by Gasteiger charge is 2.40. The van der Waals surface area contributed by atoms with Crippen LogP contribution in [0, 0.1) is 19.3 Å². The zero-order chi connectivity index (χ0) is 22.2. The van der Waals surface area contributed by atoms with E-state index in [0.717, 1.165) is 16.7 Å². The largest absolute Gasteiger partial charge is 0.454 e. The Labute approximate surface area is 183 Å². The van der Waals surface area contributed by atoms with Crippen molar-refractivity contribution in [3.63, 3.8) is 0 Å². The molecule has 8 heteroatoms. The van der Waals surface area contributed by atoms with E-state index >= 15 is 0 Å². The summed E-state index contributed by atoms with van der Waals surface area (Å²) in [5, 5.41) is 3.00. The Morgan fingerprint density at radius 3 is 2.35 bits per heavy atom. The second-order valence-electron chi connectivity index (χ2n) is 8.66. The second kappa shape index (κ2) is 8.16. The third-order valence-electron chi connectivity index (χ3n) is 6.10. The molecule has 2 aliphatic rings. The highest BCUT2D eigenvalue weighted by molar-refractivity contribution is 7.89. The Morgan fingerprint density at radius 2 is 1.68 bits per heavy atom. The molecule has 0 saturated carbocycles. The summed E-state index contributed by atoms with van der Waals surface area (Å²) < 4.78 is 38.3. The van der Waals surface area contributed by atoms with Crippen LogP contribution in [0.25, 0.3) is 0 Å². The zero-order valence-corrected chi connectivity index (χ0v) is 18.9. The van der Waals surface area contributed by atoms with Gasteiger partial charge in [0.25, 0.3) is 0 Å². The number of fused-ring (bicyclic) bond motifs is 1. The number of sulfonamides is 1. The van der Waals surface area contributed by atoms with Gasteiger partial charge in [-0.2, -0.15) is 4.31 Å². The minimum atomic E-state index is -3.57. The van der Waals surface area contributed by atoms with E-state index in [1.807, 2.05) is 45.0 Å². The fourth-order valence-electron chi connectivity index (χ4n) is 4.12. The number of aryl methyl sites for hydroxylation is 2. The lowest BCUT2D eigenvalue weighted by atomic mass is 9.80. The van der Waals surface area contributed by atoms with Gasteiger partial charge in [-0.1, -0.05) is 19.1 Å². The topological polar surface area (TPSA) is 84.9 Å². The molecule has 166 valence electrons. The number of hydrogen-bond acceptors (Lipinski definition) is 5. The number of hydrogen-bond donors (Lipinski definition) is 1. The number of carbonyl (C=O) groups excluding carboxylic acids is 1. The number of amides is 1. The smallest absolute Gasteiger partial charge is 0.243 e. The van der Waals surface area contributed by atoms with Crippen LogP contribution >= 0.6 is 0 Å². The lowest BCUT2D eigenvalue weighted by molar-refractivity contribution is -0.132. The van der Waals surface area contributed by atoms with Gasteiger partial charge in [0, 0.05) is 25.0 Å². The Morgan fingerprint density at radius 1 is 1.03 bits per heavy atom. The fourth-order valence-corrected chi connectivity index (χ4v) is 5.76. The van der Waals surface area contributed by atoms with Crippen LogP contribution in [0.5, 0.6) is 11.5 Å². The average Bonchev–Trinajstić information content (AvgIpc) is 3.19. The van der Waals surface area contributed by atoms with Crippen molar-refractivity contribution >= 4 is 15.9 Å². The van der Waals surface area contributed by atoms with Gasteiger partial charge in [0.15, 0.2) is 11.5 Å². The van der Waals surface area contributed by atoms with Gasteiger partial charge in [0.1, 0.15) is 0 Å². The van der Waals surface area contributed by atoms with E-state index < -0.39 is 15.4 Å². The summed E-state index contributed by atoms with van der Waals surface area (Å²) in [6, 6.07) is 11.0. The predicted octanol–water partition coefficient (Wildman–Crippen LogP) is 3.14. The molecule has 0 bridgehead atoms. The van der Waals surface area contributed by atoms with Crippen molar-refractivity contribution in [2.24, 2.45) is 5.41 Å². The van der Waals surface area contributed by atoms with Crippen molar-refractivity contribution < 1.29 is 22.7 Å². The molecule has 0 radical (unpaired) electrons. The lowest BCUT2D eigenvalue weighted by Gasteiger charge is -2.37. The molecule has 0 atom stereocenters. The first-order valence-corrected chi connectivity index (χ1v) is 11.9. The monoisotopic (exact) mass is 444 g/mol. The van der Waals surface area contributed by atoms with Crippen LogP contribution in [-0.2, 0) is 21.4 Å². The van der Waals surface area contributed by atoms with Crippen molar-refractivity contribution in [3.05, 3.63) is 53.1 Å². The maximum atomic E-state index is 13.1. The van der Waals surface area contributed by atoms with E-state index in [1.165, 1.54) is 4.31 Å². The minimum absolute atomic E-state index is 0.0615. The van der Waals surface area contributed by atoms with Gasteiger partial charge in [-0.3, -0.25) is 4.79 Å². The quantitative estimate of drug-likeness (QED) is 0.766. The SMILES string of the molecule is Cc1cc(C)cc(S(=O)(=O)N2CCC(C)(C(=O)NCc3ccc4c(c3)OCO4)CC2)c1. The molecule has 2 heterocycles. The van der Waals surface area contributed by atoms with Gasteiger partial charge in [-0.15, -0.1) is 0 Å². The molecule has 2 aromatic carbocycles. The van der Waals surface area contributed by atoms with Crippen LogP contribution in [-0.4, -0.2) is 38.5 Å². The highest BCUT2D eigenvalue weighted by Crippen LogP contribution is 2.35. The summed E-state index contributed by atoms with van der Waals surface area (Å²) in [6.45, 7) is 6.93. The maximum Gasteiger partial charge on any atom is 0.243 e. The number of rotatable bonds is 5. The van der Waals surface area contributed by atoms with Crippen molar-refractivity contribution in [2.45, 2.75) is 45.1 Å². The van der Waals surface area contributed by atoms with Gasteiger partial charge in [0.05, 0.1) is 4.90 Å². The number of benzene rings is 2. The van der Waals surface area contributed by atoms with Gasteiger partial charge in [0.2, 0.25) is 22.7 Å². The average molecular weight is 445 g/mol. The molecule has 1 amide bonds.